The Balaban J connectivity index is 1.84. The number of rotatable bonds is 9. The lowest BCUT2D eigenvalue weighted by molar-refractivity contribution is 0.0556. The van der Waals surface area contributed by atoms with Crippen molar-refractivity contribution >= 4 is 16.0 Å². The topological polar surface area (TPSA) is 99.6 Å². The largest absolute Gasteiger partial charge is 0.493 e. The Bertz CT molecular complexity index is 776. The quantitative estimate of drug-likeness (QED) is 0.570. The lowest BCUT2D eigenvalue weighted by atomic mass is 10.1. The molecule has 28 heavy (non-hydrogen) atoms. The molecule has 1 fully saturated rings. The number of Topliss-reactive ketones (excluding diaryl/α,β-unsaturated/α-hetero) is 1. The molecule has 0 spiro atoms. The van der Waals surface area contributed by atoms with Crippen LogP contribution in [0.3, 0.4) is 0 Å². The van der Waals surface area contributed by atoms with Crippen LogP contribution in [-0.4, -0.2) is 99.5 Å². The maximum absolute atomic E-state index is 12.1. The first-order valence-corrected chi connectivity index (χ1v) is 10.4. The number of hydrogen-bond acceptors (Lipinski definition) is 7. The summed E-state index contributed by atoms with van der Waals surface area (Å²) in [4.78, 5) is 13.5. The molecule has 1 aromatic carbocycles. The molecule has 1 aliphatic rings. The van der Waals surface area contributed by atoms with Gasteiger partial charge in [-0.3, -0.25) is 9.69 Å². The monoisotopic (exact) mass is 415 g/mol. The van der Waals surface area contributed by atoms with Gasteiger partial charge in [0.15, 0.2) is 17.3 Å². The average Bonchev–Trinajstić information content (AvgIpc) is 2.66. The van der Waals surface area contributed by atoms with Crippen molar-refractivity contribution in [3.8, 4) is 11.5 Å². The summed E-state index contributed by atoms with van der Waals surface area (Å²) in [5, 5.41) is 10.3. The molecule has 0 amide bonds. The van der Waals surface area contributed by atoms with E-state index < -0.39 is 16.3 Å². The van der Waals surface area contributed by atoms with Crippen LogP contribution in [0.4, 0.5) is 0 Å². The number of ether oxygens (including phenoxy) is 2. The highest BCUT2D eigenvalue weighted by atomic mass is 32.2. The first-order chi connectivity index (χ1) is 13.1. The van der Waals surface area contributed by atoms with Crippen LogP contribution in [0.1, 0.15) is 17.3 Å². The van der Waals surface area contributed by atoms with E-state index >= 15 is 0 Å². The minimum Gasteiger partial charge on any atom is -0.493 e. The predicted octanol–water partition coefficient (Wildman–Crippen LogP) is 0.0615. The Hall–Kier alpha value is -1.72. The highest BCUT2D eigenvalue weighted by Gasteiger charge is 2.29. The molecule has 0 aromatic heterocycles. The number of aliphatic hydroxyl groups excluding tert-OH is 1. The average molecular weight is 416 g/mol. The molecular weight excluding hydrogens is 386 g/mol. The minimum absolute atomic E-state index is 0.0615. The normalized spacial score (nSPS) is 17.5. The Morgan fingerprint density at radius 1 is 1.21 bits per heavy atom. The maximum atomic E-state index is 12.1. The molecule has 9 nitrogen and oxygen atoms in total. The third-order valence-corrected chi connectivity index (χ3v) is 6.53. The van der Waals surface area contributed by atoms with Crippen LogP contribution in [0.2, 0.25) is 0 Å². The number of nitrogens with zero attached hydrogens (tertiary/aromatic N) is 3. The molecule has 1 aliphatic heterocycles. The summed E-state index contributed by atoms with van der Waals surface area (Å²) in [6, 6.07) is 4.90. The second kappa shape index (κ2) is 9.66. The van der Waals surface area contributed by atoms with Crippen LogP contribution < -0.4 is 9.47 Å². The summed E-state index contributed by atoms with van der Waals surface area (Å²) in [6.07, 6.45) is -0.741. The zero-order valence-corrected chi connectivity index (χ0v) is 17.6. The van der Waals surface area contributed by atoms with Crippen LogP contribution in [0.15, 0.2) is 18.2 Å². The summed E-state index contributed by atoms with van der Waals surface area (Å²) >= 11 is 0. The number of ketones is 1. The first-order valence-electron chi connectivity index (χ1n) is 9.05. The highest BCUT2D eigenvalue weighted by Crippen LogP contribution is 2.28. The lowest BCUT2D eigenvalue weighted by Gasteiger charge is -2.35. The summed E-state index contributed by atoms with van der Waals surface area (Å²) in [6.45, 7) is 3.77. The lowest BCUT2D eigenvalue weighted by Crippen LogP contribution is -2.53. The third-order valence-electron chi connectivity index (χ3n) is 4.59. The van der Waals surface area contributed by atoms with E-state index in [1.807, 2.05) is 4.90 Å². The van der Waals surface area contributed by atoms with Gasteiger partial charge in [0.1, 0.15) is 12.7 Å². The van der Waals surface area contributed by atoms with E-state index in [0.29, 0.717) is 49.8 Å². The Morgan fingerprint density at radius 2 is 1.86 bits per heavy atom. The van der Waals surface area contributed by atoms with Crippen molar-refractivity contribution in [2.24, 2.45) is 0 Å². The van der Waals surface area contributed by atoms with Gasteiger partial charge in [-0.1, -0.05) is 0 Å². The number of piperazine rings is 1. The van der Waals surface area contributed by atoms with E-state index in [2.05, 4.69) is 0 Å². The molecule has 1 N–H and O–H groups in total. The van der Waals surface area contributed by atoms with Gasteiger partial charge in [-0.15, -0.1) is 0 Å². The second-order valence-electron chi connectivity index (χ2n) is 6.88. The minimum atomic E-state index is -3.40. The number of carbonyl (C=O) groups excluding carboxylic acids is 1. The van der Waals surface area contributed by atoms with E-state index in [0.717, 1.165) is 0 Å². The fraction of sp³-hybridized carbons (Fsp3) is 0.611. The van der Waals surface area contributed by atoms with Crippen molar-refractivity contribution in [1.82, 2.24) is 13.5 Å². The summed E-state index contributed by atoms with van der Waals surface area (Å²) in [5.74, 6) is 0.816. The van der Waals surface area contributed by atoms with Gasteiger partial charge in [0, 0.05) is 52.4 Å². The maximum Gasteiger partial charge on any atom is 0.281 e. The van der Waals surface area contributed by atoms with Gasteiger partial charge < -0.3 is 14.6 Å². The summed E-state index contributed by atoms with van der Waals surface area (Å²) in [5.41, 5.74) is 0.523. The standard InChI is InChI=1S/C18H29N3O6S/c1-14(22)15-5-6-17(18(11-15)26-4)27-13-16(23)12-20-7-9-21(10-8-20)28(24,25)19(2)3/h5-6,11,16,23H,7-10,12-13H2,1-4H3. The fourth-order valence-corrected chi connectivity index (χ4v) is 4.00. The van der Waals surface area contributed by atoms with Crippen molar-refractivity contribution in [2.45, 2.75) is 13.0 Å². The molecular formula is C18H29N3O6S. The van der Waals surface area contributed by atoms with Crippen LogP contribution >= 0.6 is 0 Å². The number of benzene rings is 1. The molecule has 2 rings (SSSR count). The number of carbonyl (C=O) groups is 1. The summed E-state index contributed by atoms with van der Waals surface area (Å²) < 4.78 is 37.8. The van der Waals surface area contributed by atoms with Crippen molar-refractivity contribution < 1.29 is 27.8 Å². The zero-order valence-electron chi connectivity index (χ0n) is 16.8. The molecule has 10 heteroatoms. The molecule has 1 unspecified atom stereocenters. The van der Waals surface area contributed by atoms with Crippen LogP contribution in [0.25, 0.3) is 0 Å². The van der Waals surface area contributed by atoms with Gasteiger partial charge in [0.25, 0.3) is 10.2 Å². The van der Waals surface area contributed by atoms with Crippen LogP contribution in [0, 0.1) is 0 Å². The van der Waals surface area contributed by atoms with E-state index in [-0.39, 0.29) is 12.4 Å². The van der Waals surface area contributed by atoms with Crippen molar-refractivity contribution in [3.05, 3.63) is 23.8 Å². The van der Waals surface area contributed by atoms with Gasteiger partial charge in [0.2, 0.25) is 0 Å². The number of β-amino-alcohol motifs (C(OH)–C–C–N with tert-alkyl or cyclic N) is 1. The van der Waals surface area contributed by atoms with Gasteiger partial charge in [0.05, 0.1) is 7.11 Å². The van der Waals surface area contributed by atoms with E-state index in [1.165, 1.54) is 36.7 Å². The van der Waals surface area contributed by atoms with Crippen molar-refractivity contribution in [2.75, 3.05) is 60.5 Å². The van der Waals surface area contributed by atoms with Gasteiger partial charge in [-0.05, 0) is 25.1 Å². The molecule has 0 bridgehead atoms. The summed E-state index contributed by atoms with van der Waals surface area (Å²) in [7, 11) is 1.12. The Morgan fingerprint density at radius 3 is 2.39 bits per heavy atom. The van der Waals surface area contributed by atoms with Crippen LogP contribution in [-0.2, 0) is 10.2 Å². The van der Waals surface area contributed by atoms with E-state index in [4.69, 9.17) is 9.47 Å². The SMILES string of the molecule is COc1cc(C(C)=O)ccc1OCC(O)CN1CCN(S(=O)(=O)N(C)C)CC1. The van der Waals surface area contributed by atoms with Crippen molar-refractivity contribution in [3.63, 3.8) is 0 Å². The van der Waals surface area contributed by atoms with Crippen LogP contribution in [0.5, 0.6) is 11.5 Å². The van der Waals surface area contributed by atoms with E-state index in [9.17, 15) is 18.3 Å². The highest BCUT2D eigenvalue weighted by molar-refractivity contribution is 7.86. The Kier molecular flexibility index (Phi) is 7.79. The zero-order chi connectivity index (χ0) is 20.9. The molecule has 0 saturated carbocycles. The van der Waals surface area contributed by atoms with E-state index in [1.54, 1.807) is 18.2 Å². The molecule has 1 aromatic rings. The van der Waals surface area contributed by atoms with Gasteiger partial charge in [-0.2, -0.15) is 17.0 Å². The smallest absolute Gasteiger partial charge is 0.281 e. The fourth-order valence-electron chi connectivity index (χ4n) is 2.92. The molecule has 1 saturated heterocycles. The molecule has 0 aliphatic carbocycles. The molecule has 158 valence electrons. The molecule has 1 atom stereocenters. The predicted molar refractivity (Wildman–Crippen MR) is 105 cm³/mol. The Labute approximate surface area is 166 Å². The first kappa shape index (κ1) is 22.6. The number of aliphatic hydroxyl groups is 1. The van der Waals surface area contributed by atoms with Gasteiger partial charge >= 0.3 is 0 Å². The van der Waals surface area contributed by atoms with Crippen molar-refractivity contribution in [1.29, 1.82) is 0 Å². The third kappa shape index (κ3) is 5.65. The second-order valence-corrected chi connectivity index (χ2v) is 9.02. The number of hydrogen-bond donors (Lipinski definition) is 1. The number of methoxy groups -OCH3 is 1. The molecule has 0 radical (unpaired) electrons. The molecule has 1 heterocycles. The van der Waals surface area contributed by atoms with Gasteiger partial charge in [-0.25, -0.2) is 0 Å².